The average molecular weight is 429 g/mol. The molecule has 3 aromatic rings. The molecule has 7 heteroatoms. The number of thiophene rings is 1. The van der Waals surface area contributed by atoms with Crippen molar-refractivity contribution in [2.24, 2.45) is 0 Å². The van der Waals surface area contributed by atoms with Gasteiger partial charge >= 0.3 is 0 Å². The molecule has 2 amide bonds. The van der Waals surface area contributed by atoms with Crippen molar-refractivity contribution in [2.75, 3.05) is 10.2 Å². The summed E-state index contributed by atoms with van der Waals surface area (Å²) in [4.78, 5) is 28.3. The zero-order valence-electron chi connectivity index (χ0n) is 14.7. The average Bonchev–Trinajstić information content (AvgIpc) is 3.27. The lowest BCUT2D eigenvalue weighted by Gasteiger charge is -2.16. The number of nitrogens with one attached hydrogen (secondary N) is 1. The van der Waals surface area contributed by atoms with E-state index in [4.69, 9.17) is 23.2 Å². The highest BCUT2D eigenvalue weighted by atomic mass is 35.5. The van der Waals surface area contributed by atoms with Gasteiger partial charge in [0.25, 0.3) is 11.8 Å². The summed E-state index contributed by atoms with van der Waals surface area (Å²) in [7, 11) is 0. The first kappa shape index (κ1) is 18.7. The van der Waals surface area contributed by atoms with Gasteiger partial charge in [0, 0.05) is 20.6 Å². The molecule has 0 saturated carbocycles. The van der Waals surface area contributed by atoms with Crippen molar-refractivity contribution in [1.29, 1.82) is 0 Å². The van der Waals surface area contributed by atoms with Crippen molar-refractivity contribution in [2.45, 2.75) is 6.92 Å². The normalized spacial score (nSPS) is 14.2. The number of imide groups is 1. The number of amides is 2. The molecule has 0 fully saturated rings. The van der Waals surface area contributed by atoms with Gasteiger partial charge in [-0.05, 0) is 60.3 Å². The standard InChI is InChI=1S/C21H14Cl2N2O2S/c1-12-15(23)4-2-5-16(12)24-19-18(17-6-3-11-28-17)20(26)25(21(19)27)14-9-7-13(22)8-10-14/h2-11,24H,1H3. The molecule has 0 aliphatic carbocycles. The van der Waals surface area contributed by atoms with Crippen molar-refractivity contribution in [3.63, 3.8) is 0 Å². The van der Waals surface area contributed by atoms with Crippen LogP contribution >= 0.6 is 34.5 Å². The molecule has 4 rings (SSSR count). The van der Waals surface area contributed by atoms with Crippen LogP contribution in [0.2, 0.25) is 10.0 Å². The molecule has 1 aromatic heterocycles. The van der Waals surface area contributed by atoms with Crippen LogP contribution in [0.3, 0.4) is 0 Å². The zero-order chi connectivity index (χ0) is 19.8. The molecule has 0 radical (unpaired) electrons. The van der Waals surface area contributed by atoms with Crippen LogP contribution in [0, 0.1) is 6.92 Å². The van der Waals surface area contributed by atoms with Crippen LogP contribution in [0.5, 0.6) is 0 Å². The van der Waals surface area contributed by atoms with E-state index in [2.05, 4.69) is 5.32 Å². The smallest absolute Gasteiger partial charge is 0.282 e. The van der Waals surface area contributed by atoms with Crippen molar-refractivity contribution in [3.05, 3.63) is 86.2 Å². The van der Waals surface area contributed by atoms with Crippen molar-refractivity contribution in [3.8, 4) is 0 Å². The van der Waals surface area contributed by atoms with E-state index >= 15 is 0 Å². The lowest BCUT2D eigenvalue weighted by molar-refractivity contribution is -0.120. The van der Waals surface area contributed by atoms with E-state index in [1.54, 1.807) is 36.4 Å². The molecule has 2 aromatic carbocycles. The minimum absolute atomic E-state index is 0.229. The molecule has 1 aliphatic heterocycles. The largest absolute Gasteiger partial charge is 0.350 e. The third-order valence-corrected chi connectivity index (χ3v) is 6.01. The molecular weight excluding hydrogens is 415 g/mol. The summed E-state index contributed by atoms with van der Waals surface area (Å²) in [6, 6.07) is 15.7. The number of nitrogens with zero attached hydrogens (tertiary/aromatic N) is 1. The number of hydrogen-bond acceptors (Lipinski definition) is 4. The number of hydrogen-bond donors (Lipinski definition) is 1. The first-order chi connectivity index (χ1) is 13.5. The van der Waals surface area contributed by atoms with E-state index < -0.39 is 5.91 Å². The fraction of sp³-hybridized carbons (Fsp3) is 0.0476. The van der Waals surface area contributed by atoms with Crippen LogP contribution in [-0.4, -0.2) is 11.8 Å². The minimum atomic E-state index is -0.421. The van der Waals surface area contributed by atoms with Gasteiger partial charge in [0.1, 0.15) is 5.70 Å². The van der Waals surface area contributed by atoms with E-state index in [1.807, 2.05) is 30.5 Å². The molecule has 0 atom stereocenters. The lowest BCUT2D eigenvalue weighted by atomic mass is 10.1. The highest BCUT2D eigenvalue weighted by Gasteiger charge is 2.40. The Morgan fingerprint density at radius 1 is 0.929 bits per heavy atom. The predicted octanol–water partition coefficient (Wildman–Crippen LogP) is 5.76. The molecule has 4 nitrogen and oxygen atoms in total. The Bertz CT molecular complexity index is 1110. The van der Waals surface area contributed by atoms with Crippen molar-refractivity contribution in [1.82, 2.24) is 0 Å². The molecule has 2 heterocycles. The molecule has 140 valence electrons. The summed E-state index contributed by atoms with van der Waals surface area (Å²) in [5.41, 5.74) is 2.51. The molecular formula is C21H14Cl2N2O2S. The van der Waals surface area contributed by atoms with Crippen LogP contribution in [-0.2, 0) is 9.59 Å². The molecule has 0 bridgehead atoms. The zero-order valence-corrected chi connectivity index (χ0v) is 17.0. The monoisotopic (exact) mass is 428 g/mol. The van der Waals surface area contributed by atoms with Crippen LogP contribution in [0.25, 0.3) is 5.57 Å². The summed E-state index contributed by atoms with van der Waals surface area (Å²) in [5, 5.41) is 6.12. The molecule has 28 heavy (non-hydrogen) atoms. The van der Waals surface area contributed by atoms with Gasteiger partial charge < -0.3 is 5.32 Å². The van der Waals surface area contributed by atoms with E-state index in [-0.39, 0.29) is 11.6 Å². The summed E-state index contributed by atoms with van der Waals surface area (Å²) in [6.07, 6.45) is 0. The van der Waals surface area contributed by atoms with Gasteiger partial charge in [-0.2, -0.15) is 0 Å². The van der Waals surface area contributed by atoms with Crippen LogP contribution in [0.1, 0.15) is 10.4 Å². The van der Waals surface area contributed by atoms with Crippen LogP contribution in [0.4, 0.5) is 11.4 Å². The van der Waals surface area contributed by atoms with Crippen LogP contribution < -0.4 is 10.2 Å². The Balaban J connectivity index is 1.82. The fourth-order valence-electron chi connectivity index (χ4n) is 3.00. The van der Waals surface area contributed by atoms with E-state index in [1.165, 1.54) is 11.3 Å². The maximum absolute atomic E-state index is 13.2. The van der Waals surface area contributed by atoms with Crippen LogP contribution in [0.15, 0.2) is 65.7 Å². The van der Waals surface area contributed by atoms with Crippen molar-refractivity contribution >= 4 is 63.3 Å². The highest BCUT2D eigenvalue weighted by Crippen LogP contribution is 2.36. The van der Waals surface area contributed by atoms with Crippen molar-refractivity contribution < 1.29 is 9.59 Å². The molecule has 0 saturated heterocycles. The number of anilines is 2. The van der Waals surface area contributed by atoms with Gasteiger partial charge in [0.15, 0.2) is 0 Å². The Morgan fingerprint density at radius 3 is 2.36 bits per heavy atom. The Labute approximate surface area is 176 Å². The number of halogens is 2. The Morgan fingerprint density at radius 2 is 1.68 bits per heavy atom. The SMILES string of the molecule is Cc1c(Cl)cccc1NC1=C(c2cccs2)C(=O)N(c2ccc(Cl)cc2)C1=O. The van der Waals surface area contributed by atoms with Gasteiger partial charge in [0.2, 0.25) is 0 Å². The van der Waals surface area contributed by atoms with E-state index in [9.17, 15) is 9.59 Å². The Kier molecular flexibility index (Phi) is 4.98. The number of carbonyl (C=O) groups is 2. The predicted molar refractivity (Wildman–Crippen MR) is 115 cm³/mol. The molecule has 0 unspecified atom stereocenters. The van der Waals surface area contributed by atoms with E-state index in [0.29, 0.717) is 27.0 Å². The quantitative estimate of drug-likeness (QED) is 0.537. The summed E-state index contributed by atoms with van der Waals surface area (Å²) in [5.74, 6) is -0.799. The van der Waals surface area contributed by atoms with Gasteiger partial charge in [-0.3, -0.25) is 9.59 Å². The number of benzene rings is 2. The first-order valence-corrected chi connectivity index (χ1v) is 10.1. The second-order valence-electron chi connectivity index (χ2n) is 6.19. The summed E-state index contributed by atoms with van der Waals surface area (Å²) < 4.78 is 0. The molecule has 0 spiro atoms. The fourth-order valence-corrected chi connectivity index (χ4v) is 4.07. The third kappa shape index (κ3) is 3.22. The topological polar surface area (TPSA) is 49.4 Å². The summed E-state index contributed by atoms with van der Waals surface area (Å²) >= 11 is 13.6. The number of rotatable bonds is 4. The Hall–Kier alpha value is -2.60. The minimum Gasteiger partial charge on any atom is -0.350 e. The number of carbonyl (C=O) groups excluding carboxylic acids is 2. The maximum atomic E-state index is 13.2. The summed E-state index contributed by atoms with van der Waals surface area (Å²) in [6.45, 7) is 1.86. The second-order valence-corrected chi connectivity index (χ2v) is 7.98. The maximum Gasteiger partial charge on any atom is 0.282 e. The van der Waals surface area contributed by atoms with Gasteiger partial charge in [0.05, 0.1) is 11.3 Å². The van der Waals surface area contributed by atoms with Gasteiger partial charge in [-0.15, -0.1) is 11.3 Å². The lowest BCUT2D eigenvalue weighted by Crippen LogP contribution is -2.32. The second kappa shape index (κ2) is 7.43. The van der Waals surface area contributed by atoms with E-state index in [0.717, 1.165) is 15.3 Å². The molecule has 1 N–H and O–H groups in total. The molecule has 1 aliphatic rings. The first-order valence-electron chi connectivity index (χ1n) is 8.42. The third-order valence-electron chi connectivity index (χ3n) is 4.46. The van der Waals surface area contributed by atoms with Gasteiger partial charge in [-0.1, -0.05) is 35.3 Å². The highest BCUT2D eigenvalue weighted by molar-refractivity contribution is 7.11. The van der Waals surface area contributed by atoms with Gasteiger partial charge in [-0.25, -0.2) is 4.90 Å².